The molecule has 1 aromatic heterocycles. The zero-order valence-corrected chi connectivity index (χ0v) is 11.6. The molecule has 0 spiro atoms. The second-order valence-corrected chi connectivity index (χ2v) is 6.11. The molecule has 1 rings (SSSR count). The Morgan fingerprint density at radius 2 is 2.12 bits per heavy atom. The second kappa shape index (κ2) is 5.45. The smallest absolute Gasteiger partial charge is 0.328 e. The van der Waals surface area contributed by atoms with Crippen LogP contribution in [-0.2, 0) is 16.6 Å². The van der Waals surface area contributed by atoms with Crippen molar-refractivity contribution in [3.05, 3.63) is 21.7 Å². The average Bonchev–Trinajstić information content (AvgIpc) is 2.58. The van der Waals surface area contributed by atoms with Crippen LogP contribution in [0.1, 0.15) is 49.7 Å². The van der Waals surface area contributed by atoms with E-state index in [2.05, 4.69) is 32.7 Å². The summed E-state index contributed by atoms with van der Waals surface area (Å²) in [4.78, 5) is 16.1. The maximum atomic E-state index is 10.6. The molecule has 94 valence electrons. The minimum Gasteiger partial charge on any atom is -0.478 e. The van der Waals surface area contributed by atoms with Gasteiger partial charge in [0.2, 0.25) is 0 Å². The summed E-state index contributed by atoms with van der Waals surface area (Å²) in [6.45, 7) is 8.40. The zero-order valence-electron chi connectivity index (χ0n) is 10.8. The lowest BCUT2D eigenvalue weighted by Crippen LogP contribution is -2.13. The Hall–Kier alpha value is -1.16. The van der Waals surface area contributed by atoms with E-state index >= 15 is 0 Å². The summed E-state index contributed by atoms with van der Waals surface area (Å²) in [6, 6.07) is 0. The van der Waals surface area contributed by atoms with Crippen LogP contribution in [0.5, 0.6) is 0 Å². The van der Waals surface area contributed by atoms with Gasteiger partial charge >= 0.3 is 5.97 Å². The van der Waals surface area contributed by atoms with Crippen LogP contribution >= 0.6 is 11.3 Å². The van der Waals surface area contributed by atoms with E-state index in [0.29, 0.717) is 0 Å². The Morgan fingerprint density at radius 3 is 2.59 bits per heavy atom. The fraction of sp³-hybridized carbons (Fsp3) is 0.538. The van der Waals surface area contributed by atoms with Crippen molar-refractivity contribution in [1.82, 2.24) is 4.98 Å². The van der Waals surface area contributed by atoms with Gasteiger partial charge in [0, 0.05) is 11.5 Å². The Bertz CT molecular complexity index is 427. The van der Waals surface area contributed by atoms with Crippen molar-refractivity contribution in [1.29, 1.82) is 0 Å². The van der Waals surface area contributed by atoms with Gasteiger partial charge in [-0.15, -0.1) is 11.3 Å². The standard InChI is InChI=1S/C13H19NO2S/c1-5-6-10-14-12(13(2,3)4)9(17-10)7-8-11(15)16/h7-8H,5-6H2,1-4H3,(H,15,16)/b8-7+. The fourth-order valence-corrected chi connectivity index (χ4v) is 2.78. The first kappa shape index (κ1) is 13.9. The highest BCUT2D eigenvalue weighted by molar-refractivity contribution is 7.12. The number of hydrogen-bond acceptors (Lipinski definition) is 3. The first-order chi connectivity index (χ1) is 7.84. The summed E-state index contributed by atoms with van der Waals surface area (Å²) < 4.78 is 0. The number of rotatable bonds is 4. The molecule has 0 fully saturated rings. The van der Waals surface area contributed by atoms with Crippen LogP contribution in [0.4, 0.5) is 0 Å². The Labute approximate surface area is 106 Å². The number of hydrogen-bond donors (Lipinski definition) is 1. The molecule has 0 aliphatic rings. The Morgan fingerprint density at radius 1 is 1.47 bits per heavy atom. The van der Waals surface area contributed by atoms with Crippen molar-refractivity contribution in [2.45, 2.75) is 46.0 Å². The molecule has 4 heteroatoms. The third-order valence-corrected chi connectivity index (χ3v) is 3.33. The molecule has 0 bridgehead atoms. The quantitative estimate of drug-likeness (QED) is 0.836. The van der Waals surface area contributed by atoms with E-state index in [4.69, 9.17) is 5.11 Å². The van der Waals surface area contributed by atoms with Crippen molar-refractivity contribution in [3.8, 4) is 0 Å². The minimum absolute atomic E-state index is 0.0549. The molecule has 3 nitrogen and oxygen atoms in total. The van der Waals surface area contributed by atoms with Crippen molar-refractivity contribution < 1.29 is 9.90 Å². The largest absolute Gasteiger partial charge is 0.478 e. The van der Waals surface area contributed by atoms with Gasteiger partial charge in [-0.1, -0.05) is 27.7 Å². The molecule has 17 heavy (non-hydrogen) atoms. The van der Waals surface area contributed by atoms with Crippen LogP contribution in [0.2, 0.25) is 0 Å². The molecule has 0 unspecified atom stereocenters. The predicted octanol–water partition coefficient (Wildman–Crippen LogP) is 3.49. The number of thiazole rings is 1. The predicted molar refractivity (Wildman–Crippen MR) is 71.5 cm³/mol. The third-order valence-electron chi connectivity index (χ3n) is 2.25. The SMILES string of the molecule is CCCc1nc(C(C)(C)C)c(/C=C/C(=O)O)s1. The number of carbonyl (C=O) groups is 1. The van der Waals surface area contributed by atoms with Crippen LogP contribution in [0.25, 0.3) is 6.08 Å². The molecule has 0 saturated heterocycles. The van der Waals surface area contributed by atoms with Crippen molar-refractivity contribution >= 4 is 23.4 Å². The zero-order chi connectivity index (χ0) is 13.1. The minimum atomic E-state index is -0.921. The average molecular weight is 253 g/mol. The van der Waals surface area contributed by atoms with Gasteiger partial charge in [0.15, 0.2) is 0 Å². The first-order valence-electron chi connectivity index (χ1n) is 5.75. The molecule has 0 radical (unpaired) electrons. The molecule has 1 aromatic rings. The first-order valence-corrected chi connectivity index (χ1v) is 6.57. The maximum absolute atomic E-state index is 10.6. The van der Waals surface area contributed by atoms with E-state index < -0.39 is 5.97 Å². The van der Waals surface area contributed by atoms with E-state index in [9.17, 15) is 4.79 Å². The summed E-state index contributed by atoms with van der Waals surface area (Å²) in [5.74, 6) is -0.921. The van der Waals surface area contributed by atoms with Crippen LogP contribution in [0.15, 0.2) is 6.08 Å². The number of aromatic nitrogens is 1. The molecule has 0 aliphatic carbocycles. The summed E-state index contributed by atoms with van der Waals surface area (Å²) in [5.41, 5.74) is 0.934. The molecule has 1 heterocycles. The fourth-order valence-electron chi connectivity index (χ4n) is 1.50. The maximum Gasteiger partial charge on any atom is 0.328 e. The molecule has 0 aromatic carbocycles. The van der Waals surface area contributed by atoms with E-state index in [0.717, 1.165) is 28.4 Å². The van der Waals surface area contributed by atoms with Crippen molar-refractivity contribution in [2.75, 3.05) is 0 Å². The van der Waals surface area contributed by atoms with Crippen LogP contribution in [-0.4, -0.2) is 16.1 Å². The van der Waals surface area contributed by atoms with Gasteiger partial charge in [-0.2, -0.15) is 0 Å². The Kier molecular flexibility index (Phi) is 4.46. The van der Waals surface area contributed by atoms with Crippen molar-refractivity contribution in [2.24, 2.45) is 0 Å². The molecule has 1 N–H and O–H groups in total. The number of aryl methyl sites for hydroxylation is 1. The van der Waals surface area contributed by atoms with Crippen molar-refractivity contribution in [3.63, 3.8) is 0 Å². The molecular formula is C13H19NO2S. The molecule has 0 amide bonds. The Balaban J connectivity index is 3.12. The monoisotopic (exact) mass is 253 g/mol. The lowest BCUT2D eigenvalue weighted by molar-refractivity contribution is -0.131. The number of nitrogens with zero attached hydrogens (tertiary/aromatic N) is 1. The van der Waals surface area contributed by atoms with E-state index in [1.54, 1.807) is 17.4 Å². The highest BCUT2D eigenvalue weighted by atomic mass is 32.1. The van der Waals surface area contributed by atoms with E-state index in [1.165, 1.54) is 6.08 Å². The van der Waals surface area contributed by atoms with E-state index in [-0.39, 0.29) is 5.41 Å². The van der Waals surface area contributed by atoms with Gasteiger partial charge in [-0.3, -0.25) is 0 Å². The molecule has 0 atom stereocenters. The number of carboxylic acids is 1. The summed E-state index contributed by atoms with van der Waals surface area (Å²) in [6.07, 6.45) is 4.84. The van der Waals surface area contributed by atoms with Gasteiger partial charge in [0.1, 0.15) is 0 Å². The highest BCUT2D eigenvalue weighted by Gasteiger charge is 2.21. The van der Waals surface area contributed by atoms with Gasteiger partial charge in [0.25, 0.3) is 0 Å². The summed E-state index contributed by atoms with van der Waals surface area (Å²) >= 11 is 1.59. The third kappa shape index (κ3) is 3.97. The number of carboxylic acid groups (broad SMARTS) is 1. The summed E-state index contributed by atoms with van der Waals surface area (Å²) in [7, 11) is 0. The van der Waals surface area contributed by atoms with Gasteiger partial charge < -0.3 is 5.11 Å². The van der Waals surface area contributed by atoms with Crippen LogP contribution in [0, 0.1) is 0 Å². The molecule has 0 aliphatic heterocycles. The normalized spacial score (nSPS) is 12.2. The van der Waals surface area contributed by atoms with E-state index in [1.807, 2.05) is 0 Å². The second-order valence-electron chi connectivity index (χ2n) is 4.99. The molecular weight excluding hydrogens is 234 g/mol. The highest BCUT2D eigenvalue weighted by Crippen LogP contribution is 2.31. The van der Waals surface area contributed by atoms with Crippen LogP contribution in [0.3, 0.4) is 0 Å². The van der Waals surface area contributed by atoms with Gasteiger partial charge in [-0.25, -0.2) is 9.78 Å². The molecule has 0 saturated carbocycles. The van der Waals surface area contributed by atoms with Gasteiger partial charge in [0.05, 0.1) is 15.6 Å². The summed E-state index contributed by atoms with van der Waals surface area (Å²) in [5, 5.41) is 9.76. The topological polar surface area (TPSA) is 50.2 Å². The lowest BCUT2D eigenvalue weighted by Gasteiger charge is -2.16. The lowest BCUT2D eigenvalue weighted by atomic mass is 9.91. The van der Waals surface area contributed by atoms with Gasteiger partial charge in [-0.05, 0) is 18.9 Å². The number of aliphatic carboxylic acids is 1. The van der Waals surface area contributed by atoms with Crippen LogP contribution < -0.4 is 0 Å².